The van der Waals surface area contributed by atoms with Gasteiger partial charge in [0.1, 0.15) is 5.54 Å². The SMILES string of the molecule is CC(NCCCN=[N+]=[N-])(C(=O)O)c1cccc(Br)c1. The highest BCUT2D eigenvalue weighted by atomic mass is 79.9. The van der Waals surface area contributed by atoms with Gasteiger partial charge in [-0.3, -0.25) is 5.32 Å². The van der Waals surface area contributed by atoms with Gasteiger partial charge in [-0.1, -0.05) is 33.2 Å². The summed E-state index contributed by atoms with van der Waals surface area (Å²) in [6.45, 7) is 2.41. The molecule has 0 radical (unpaired) electrons. The fraction of sp³-hybridized carbons (Fsp3) is 0.417. The van der Waals surface area contributed by atoms with Crippen LogP contribution in [-0.2, 0) is 10.3 Å². The fourth-order valence-electron chi connectivity index (χ4n) is 1.63. The maximum absolute atomic E-state index is 11.5. The van der Waals surface area contributed by atoms with Crippen LogP contribution in [0.3, 0.4) is 0 Å². The maximum atomic E-state index is 11.5. The molecule has 1 aromatic carbocycles. The van der Waals surface area contributed by atoms with Crippen LogP contribution in [0.2, 0.25) is 0 Å². The highest BCUT2D eigenvalue weighted by Crippen LogP contribution is 2.24. The number of carboxylic acid groups (broad SMARTS) is 1. The van der Waals surface area contributed by atoms with Gasteiger partial charge in [0.15, 0.2) is 0 Å². The minimum absolute atomic E-state index is 0.345. The van der Waals surface area contributed by atoms with Crippen LogP contribution < -0.4 is 5.32 Å². The van der Waals surface area contributed by atoms with Gasteiger partial charge in [0.05, 0.1) is 0 Å². The molecule has 1 aromatic rings. The molecule has 1 atom stereocenters. The second kappa shape index (κ2) is 7.13. The van der Waals surface area contributed by atoms with Gasteiger partial charge >= 0.3 is 5.97 Å². The number of carboxylic acids is 1. The lowest BCUT2D eigenvalue weighted by Gasteiger charge is -2.27. The van der Waals surface area contributed by atoms with Crippen molar-refractivity contribution in [2.24, 2.45) is 5.11 Å². The average molecular weight is 327 g/mol. The molecule has 102 valence electrons. The zero-order valence-corrected chi connectivity index (χ0v) is 12.1. The Labute approximate surface area is 119 Å². The van der Waals surface area contributed by atoms with E-state index in [9.17, 15) is 9.90 Å². The van der Waals surface area contributed by atoms with Crippen LogP contribution in [0.1, 0.15) is 18.9 Å². The summed E-state index contributed by atoms with van der Waals surface area (Å²) in [5, 5.41) is 15.8. The number of benzene rings is 1. The molecule has 6 nitrogen and oxygen atoms in total. The van der Waals surface area contributed by atoms with Crippen molar-refractivity contribution in [3.63, 3.8) is 0 Å². The topological polar surface area (TPSA) is 98.1 Å². The van der Waals surface area contributed by atoms with Gasteiger partial charge in [-0.25, -0.2) is 4.79 Å². The van der Waals surface area contributed by atoms with Crippen molar-refractivity contribution in [2.75, 3.05) is 13.1 Å². The molecule has 7 heteroatoms. The van der Waals surface area contributed by atoms with Crippen LogP contribution in [0.5, 0.6) is 0 Å². The normalized spacial score (nSPS) is 13.4. The summed E-state index contributed by atoms with van der Waals surface area (Å²) in [6, 6.07) is 7.17. The first kappa shape index (κ1) is 15.5. The van der Waals surface area contributed by atoms with Crippen molar-refractivity contribution >= 4 is 21.9 Å². The zero-order chi connectivity index (χ0) is 14.3. The summed E-state index contributed by atoms with van der Waals surface area (Å²) in [5.74, 6) is -0.950. The van der Waals surface area contributed by atoms with Crippen LogP contribution in [0.15, 0.2) is 33.9 Å². The molecule has 0 amide bonds. The summed E-state index contributed by atoms with van der Waals surface area (Å²) < 4.78 is 0.827. The summed E-state index contributed by atoms with van der Waals surface area (Å²) in [7, 11) is 0. The number of azide groups is 1. The van der Waals surface area contributed by atoms with Gasteiger partial charge in [-0.05, 0) is 43.1 Å². The first-order valence-corrected chi connectivity index (χ1v) is 6.55. The molecule has 1 unspecified atom stereocenters. The predicted octanol–water partition coefficient (Wildman–Crippen LogP) is 3.04. The van der Waals surface area contributed by atoms with Crippen LogP contribution in [-0.4, -0.2) is 24.2 Å². The monoisotopic (exact) mass is 326 g/mol. The van der Waals surface area contributed by atoms with E-state index in [1.165, 1.54) is 0 Å². The summed E-state index contributed by atoms with van der Waals surface area (Å²) in [4.78, 5) is 14.1. The molecule has 2 N–H and O–H groups in total. The van der Waals surface area contributed by atoms with Gasteiger partial charge in [-0.2, -0.15) is 0 Å². The molecule has 0 aliphatic rings. The Kier molecular flexibility index (Phi) is 5.82. The Hall–Kier alpha value is -1.56. The lowest BCUT2D eigenvalue weighted by molar-refractivity contribution is -0.144. The second-order valence-corrected chi connectivity index (χ2v) is 5.09. The Morgan fingerprint density at radius 1 is 1.63 bits per heavy atom. The van der Waals surface area contributed by atoms with E-state index in [2.05, 4.69) is 31.3 Å². The van der Waals surface area contributed by atoms with Crippen LogP contribution in [0.25, 0.3) is 10.4 Å². The van der Waals surface area contributed by atoms with Gasteiger partial charge in [0, 0.05) is 15.9 Å². The molecular formula is C12H15BrN4O2. The lowest BCUT2D eigenvalue weighted by atomic mass is 9.92. The van der Waals surface area contributed by atoms with E-state index in [0.29, 0.717) is 25.1 Å². The Morgan fingerprint density at radius 2 is 2.37 bits per heavy atom. The van der Waals surface area contributed by atoms with Crippen molar-refractivity contribution in [1.82, 2.24) is 5.32 Å². The number of carbonyl (C=O) groups is 1. The van der Waals surface area contributed by atoms with Crippen molar-refractivity contribution in [3.05, 3.63) is 44.7 Å². The number of nitrogens with zero attached hydrogens (tertiary/aromatic N) is 3. The second-order valence-electron chi connectivity index (χ2n) is 4.18. The zero-order valence-electron chi connectivity index (χ0n) is 10.5. The van der Waals surface area contributed by atoms with Crippen molar-refractivity contribution < 1.29 is 9.90 Å². The Balaban J connectivity index is 2.80. The molecule has 0 saturated carbocycles. The third kappa shape index (κ3) is 4.24. The van der Waals surface area contributed by atoms with Gasteiger partial charge in [-0.15, -0.1) is 0 Å². The molecule has 0 aliphatic carbocycles. The first-order valence-electron chi connectivity index (χ1n) is 5.76. The van der Waals surface area contributed by atoms with Gasteiger partial charge in [0.2, 0.25) is 0 Å². The third-order valence-electron chi connectivity index (χ3n) is 2.81. The molecule has 0 fully saturated rings. The van der Waals surface area contributed by atoms with E-state index in [-0.39, 0.29) is 0 Å². The molecular weight excluding hydrogens is 312 g/mol. The Morgan fingerprint density at radius 3 is 2.95 bits per heavy atom. The van der Waals surface area contributed by atoms with Crippen LogP contribution in [0.4, 0.5) is 0 Å². The number of halogens is 1. The Bertz CT molecular complexity index is 502. The third-order valence-corrected chi connectivity index (χ3v) is 3.30. The maximum Gasteiger partial charge on any atom is 0.328 e. The summed E-state index contributed by atoms with van der Waals surface area (Å²) in [6.07, 6.45) is 0.584. The molecule has 19 heavy (non-hydrogen) atoms. The standard InChI is InChI=1S/C12H15BrN4O2/c1-12(11(18)19,15-6-3-7-16-17-14)9-4-2-5-10(13)8-9/h2,4-5,8,15H,3,6-7H2,1H3,(H,18,19). The smallest absolute Gasteiger partial charge is 0.328 e. The number of hydrogen-bond acceptors (Lipinski definition) is 3. The highest BCUT2D eigenvalue weighted by molar-refractivity contribution is 9.10. The van der Waals surface area contributed by atoms with E-state index in [0.717, 1.165) is 4.47 Å². The number of hydrogen-bond donors (Lipinski definition) is 2. The van der Waals surface area contributed by atoms with Crippen molar-refractivity contribution in [1.29, 1.82) is 0 Å². The molecule has 0 aliphatic heterocycles. The van der Waals surface area contributed by atoms with E-state index < -0.39 is 11.5 Å². The van der Waals surface area contributed by atoms with E-state index in [1.54, 1.807) is 25.1 Å². The summed E-state index contributed by atoms with van der Waals surface area (Å²) >= 11 is 3.33. The molecule has 0 spiro atoms. The molecule has 0 bridgehead atoms. The predicted molar refractivity (Wildman–Crippen MR) is 75.8 cm³/mol. The van der Waals surface area contributed by atoms with E-state index >= 15 is 0 Å². The van der Waals surface area contributed by atoms with Crippen molar-refractivity contribution in [2.45, 2.75) is 18.9 Å². The first-order chi connectivity index (χ1) is 9.00. The molecule has 0 aromatic heterocycles. The van der Waals surface area contributed by atoms with Gasteiger partial charge < -0.3 is 5.11 Å². The quantitative estimate of drug-likeness (QED) is 0.348. The lowest BCUT2D eigenvalue weighted by Crippen LogP contribution is -2.47. The van der Waals surface area contributed by atoms with Gasteiger partial charge in [0.25, 0.3) is 0 Å². The van der Waals surface area contributed by atoms with E-state index in [4.69, 9.17) is 5.53 Å². The fourth-order valence-corrected chi connectivity index (χ4v) is 2.03. The number of nitrogens with one attached hydrogen (secondary N) is 1. The minimum atomic E-state index is -1.17. The molecule has 1 rings (SSSR count). The van der Waals surface area contributed by atoms with E-state index in [1.807, 2.05) is 6.07 Å². The molecule has 0 saturated heterocycles. The summed E-state index contributed by atoms with van der Waals surface area (Å²) in [5.41, 5.74) is 7.66. The average Bonchev–Trinajstić information content (AvgIpc) is 2.38. The number of rotatable bonds is 7. The highest BCUT2D eigenvalue weighted by Gasteiger charge is 2.34. The minimum Gasteiger partial charge on any atom is -0.480 e. The van der Waals surface area contributed by atoms with Crippen molar-refractivity contribution in [3.8, 4) is 0 Å². The van der Waals surface area contributed by atoms with Crippen LogP contribution >= 0.6 is 15.9 Å². The van der Waals surface area contributed by atoms with Crippen LogP contribution in [0, 0.1) is 0 Å². The molecule has 0 heterocycles. The number of aliphatic carboxylic acids is 1. The largest absolute Gasteiger partial charge is 0.480 e.